The Hall–Kier alpha value is -0.500. The van der Waals surface area contributed by atoms with E-state index in [9.17, 15) is 8.42 Å². The van der Waals surface area contributed by atoms with Crippen LogP contribution in [0.2, 0.25) is 0 Å². The highest BCUT2D eigenvalue weighted by molar-refractivity contribution is 7.85. The maximum atomic E-state index is 10.4. The summed E-state index contributed by atoms with van der Waals surface area (Å²) in [5.74, 6) is -0.148. The fraction of sp³-hybridized carbons (Fsp3) is 0.875. The van der Waals surface area contributed by atoms with Gasteiger partial charge in [-0.2, -0.15) is 8.42 Å². The van der Waals surface area contributed by atoms with Crippen molar-refractivity contribution >= 4 is 16.9 Å². The van der Waals surface area contributed by atoms with Crippen molar-refractivity contribution in [1.82, 2.24) is 4.90 Å². The summed E-state index contributed by atoms with van der Waals surface area (Å²) in [6.45, 7) is 5.85. The second-order valence-electron chi connectivity index (χ2n) is 3.09. The van der Waals surface area contributed by atoms with Gasteiger partial charge < -0.3 is 9.53 Å². The zero-order valence-corrected chi connectivity index (χ0v) is 9.41. The minimum absolute atomic E-state index is 0.148. The van der Waals surface area contributed by atoms with Crippen molar-refractivity contribution in [3.05, 3.63) is 0 Å². The van der Waals surface area contributed by atoms with Gasteiger partial charge in [-0.25, -0.2) is 0 Å². The molecular weight excluding hydrogens is 222 g/mol. The molecule has 1 heterocycles. The minimum Gasteiger partial charge on any atom is -0.379 e. The molecule has 1 saturated heterocycles. The van der Waals surface area contributed by atoms with E-state index >= 15 is 0 Å². The maximum absolute atomic E-state index is 10.4. The quantitative estimate of drug-likeness (QED) is 0.660. The van der Waals surface area contributed by atoms with Gasteiger partial charge >= 0.3 is 0 Å². The fourth-order valence-corrected chi connectivity index (χ4v) is 1.79. The largest absolute Gasteiger partial charge is 0.379 e. The number of morpholine rings is 1. The van der Waals surface area contributed by atoms with Crippen LogP contribution in [0.25, 0.3) is 0 Å². The molecule has 0 aromatic carbocycles. The molecule has 0 amide bonds. The van der Waals surface area contributed by atoms with Gasteiger partial charge in [0, 0.05) is 13.1 Å². The molecule has 1 fully saturated rings. The Kier molecular flexibility index (Phi) is 7.49. The normalized spacial score (nSPS) is 17.9. The first-order valence-corrected chi connectivity index (χ1v) is 6.23. The molecule has 6 nitrogen and oxygen atoms in total. The van der Waals surface area contributed by atoms with Gasteiger partial charge in [0.25, 0.3) is 10.1 Å². The summed E-state index contributed by atoms with van der Waals surface area (Å²) in [5, 5.41) is 0. The molecule has 1 N–H and O–H groups in total. The minimum atomic E-state index is -3.78. The highest BCUT2D eigenvalue weighted by Gasteiger charge is 2.11. The molecule has 0 aromatic rings. The number of nitrogens with zero attached hydrogens (tertiary/aromatic N) is 1. The van der Waals surface area contributed by atoms with Crippen LogP contribution in [0.4, 0.5) is 0 Å². The second kappa shape index (κ2) is 7.75. The lowest BCUT2D eigenvalue weighted by molar-refractivity contribution is -0.0979. The first kappa shape index (κ1) is 14.5. The summed E-state index contributed by atoms with van der Waals surface area (Å²) in [5.41, 5.74) is 0. The van der Waals surface area contributed by atoms with E-state index in [-0.39, 0.29) is 5.75 Å². The maximum Gasteiger partial charge on any atom is 0.264 e. The molecule has 90 valence electrons. The van der Waals surface area contributed by atoms with E-state index in [1.54, 1.807) is 0 Å². The Morgan fingerprint density at radius 3 is 2.27 bits per heavy atom. The predicted molar refractivity (Wildman–Crippen MR) is 55.4 cm³/mol. The third-order valence-corrected chi connectivity index (χ3v) is 2.78. The lowest BCUT2D eigenvalue weighted by atomic mass is 10.4. The average Bonchev–Trinajstić information content (AvgIpc) is 2.20. The molecule has 15 heavy (non-hydrogen) atoms. The van der Waals surface area contributed by atoms with Crippen LogP contribution in [-0.2, 0) is 19.6 Å². The zero-order chi connectivity index (χ0) is 11.7. The number of ether oxygens (including phenoxy) is 1. The number of hydrogen-bond acceptors (Lipinski definition) is 5. The summed E-state index contributed by atoms with van der Waals surface area (Å²) in [6, 6.07) is 0. The zero-order valence-electron chi connectivity index (χ0n) is 8.59. The van der Waals surface area contributed by atoms with E-state index in [2.05, 4.69) is 4.90 Å². The average molecular weight is 239 g/mol. The highest BCUT2D eigenvalue weighted by Crippen LogP contribution is 1.99. The fourth-order valence-electron chi connectivity index (χ4n) is 1.30. The van der Waals surface area contributed by atoms with E-state index in [1.165, 1.54) is 0 Å². The number of hydrogen-bond donors (Lipinski definition) is 1. The number of carbonyl (C=O) groups is 1. The molecule has 0 unspecified atom stereocenters. The van der Waals surface area contributed by atoms with Crippen molar-refractivity contribution in [2.45, 2.75) is 6.42 Å². The van der Waals surface area contributed by atoms with Crippen LogP contribution < -0.4 is 0 Å². The van der Waals surface area contributed by atoms with Gasteiger partial charge in [0.1, 0.15) is 6.79 Å². The van der Waals surface area contributed by atoms with Gasteiger partial charge in [-0.05, 0) is 13.0 Å². The first-order chi connectivity index (χ1) is 7.08. The lowest BCUT2D eigenvalue weighted by Gasteiger charge is -2.26. The van der Waals surface area contributed by atoms with Crippen LogP contribution in [0, 0.1) is 0 Å². The Labute approximate surface area is 90.0 Å². The van der Waals surface area contributed by atoms with Crippen LogP contribution in [0.5, 0.6) is 0 Å². The standard InChI is InChI=1S/C7H15NO4S.CH2O/c9-13(10,11)7-1-2-8-3-5-12-6-4-8;1-2/h1-7H2,(H,9,10,11);1H2. The van der Waals surface area contributed by atoms with Crippen molar-refractivity contribution in [1.29, 1.82) is 0 Å². The van der Waals surface area contributed by atoms with Gasteiger partial charge in [-0.3, -0.25) is 9.45 Å². The molecular formula is C8H17NO5S. The van der Waals surface area contributed by atoms with Gasteiger partial charge in [-0.15, -0.1) is 0 Å². The molecule has 1 aliphatic heterocycles. The van der Waals surface area contributed by atoms with E-state index in [4.69, 9.17) is 14.1 Å². The Morgan fingerprint density at radius 1 is 1.27 bits per heavy atom. The molecule has 0 spiro atoms. The summed E-state index contributed by atoms with van der Waals surface area (Å²) in [7, 11) is -3.78. The summed E-state index contributed by atoms with van der Waals surface area (Å²) < 4.78 is 34.4. The van der Waals surface area contributed by atoms with E-state index in [1.807, 2.05) is 6.79 Å². The molecule has 1 aliphatic rings. The first-order valence-electron chi connectivity index (χ1n) is 4.62. The summed E-state index contributed by atoms with van der Waals surface area (Å²) in [6.07, 6.45) is 0.485. The van der Waals surface area contributed by atoms with E-state index in [0.717, 1.165) is 13.1 Å². The molecule has 0 saturated carbocycles. The number of rotatable bonds is 4. The third-order valence-electron chi connectivity index (χ3n) is 1.98. The molecule has 0 radical (unpaired) electrons. The van der Waals surface area contributed by atoms with E-state index < -0.39 is 10.1 Å². The van der Waals surface area contributed by atoms with Crippen LogP contribution in [0.15, 0.2) is 0 Å². The summed E-state index contributed by atoms with van der Waals surface area (Å²) >= 11 is 0. The highest BCUT2D eigenvalue weighted by atomic mass is 32.2. The topological polar surface area (TPSA) is 83.9 Å². The van der Waals surface area contributed by atoms with Crippen LogP contribution >= 0.6 is 0 Å². The number of carbonyl (C=O) groups excluding carboxylic acids is 1. The molecule has 1 rings (SSSR count). The van der Waals surface area contributed by atoms with Crippen LogP contribution in [0.1, 0.15) is 6.42 Å². The van der Waals surface area contributed by atoms with Gasteiger partial charge in [-0.1, -0.05) is 0 Å². The second-order valence-corrected chi connectivity index (χ2v) is 4.67. The van der Waals surface area contributed by atoms with Crippen molar-refractivity contribution < 1.29 is 22.5 Å². The van der Waals surface area contributed by atoms with E-state index in [0.29, 0.717) is 26.2 Å². The van der Waals surface area contributed by atoms with Gasteiger partial charge in [0.05, 0.1) is 19.0 Å². The van der Waals surface area contributed by atoms with Crippen molar-refractivity contribution in [3.63, 3.8) is 0 Å². The molecule has 0 atom stereocenters. The monoisotopic (exact) mass is 239 g/mol. The lowest BCUT2D eigenvalue weighted by Crippen LogP contribution is -2.37. The smallest absolute Gasteiger partial charge is 0.264 e. The molecule has 0 bridgehead atoms. The predicted octanol–water partition coefficient (Wildman–Crippen LogP) is -0.588. The van der Waals surface area contributed by atoms with Crippen molar-refractivity contribution in [2.75, 3.05) is 38.6 Å². The SMILES string of the molecule is C=O.O=S(=O)(O)CCCN1CCOCC1. The molecule has 0 aromatic heterocycles. The molecule has 0 aliphatic carbocycles. The van der Waals surface area contributed by atoms with Crippen LogP contribution in [-0.4, -0.2) is 63.3 Å². The third kappa shape index (κ3) is 8.49. The van der Waals surface area contributed by atoms with Crippen molar-refractivity contribution in [2.24, 2.45) is 0 Å². The Bertz CT molecular complexity index is 248. The summed E-state index contributed by atoms with van der Waals surface area (Å²) in [4.78, 5) is 10.1. The Morgan fingerprint density at radius 2 is 1.80 bits per heavy atom. The van der Waals surface area contributed by atoms with Crippen molar-refractivity contribution in [3.8, 4) is 0 Å². The van der Waals surface area contributed by atoms with Crippen LogP contribution in [0.3, 0.4) is 0 Å². The Balaban J connectivity index is 0.000000921. The van der Waals surface area contributed by atoms with Gasteiger partial charge in [0.15, 0.2) is 0 Å². The molecule has 7 heteroatoms. The van der Waals surface area contributed by atoms with Gasteiger partial charge in [0.2, 0.25) is 0 Å².